The maximum Gasteiger partial charge on any atom is 0.0393 e. The number of hydrogen-bond acceptors (Lipinski definition) is 2. The van der Waals surface area contributed by atoms with Gasteiger partial charge in [0.2, 0.25) is 0 Å². The maximum atomic E-state index is 3.62. The van der Waals surface area contributed by atoms with Crippen LogP contribution >= 0.6 is 0 Å². The molecule has 0 radical (unpaired) electrons. The summed E-state index contributed by atoms with van der Waals surface area (Å²) in [6.07, 6.45) is 1.19. The molecule has 1 N–H and O–H groups in total. The Kier molecular flexibility index (Phi) is 6.54. The summed E-state index contributed by atoms with van der Waals surface area (Å²) in [7, 11) is 2.21. The molecule has 0 spiro atoms. The quantitative estimate of drug-likeness (QED) is 0.769. The van der Waals surface area contributed by atoms with Crippen molar-refractivity contribution in [1.82, 2.24) is 5.32 Å². The lowest BCUT2D eigenvalue weighted by molar-refractivity contribution is 0.293. The minimum absolute atomic E-state index is 0.311. The number of para-hydroxylation sites is 1. The van der Waals surface area contributed by atoms with Crippen molar-refractivity contribution in [2.45, 2.75) is 41.0 Å². The Morgan fingerprint density at radius 1 is 1.25 bits per heavy atom. The normalized spacial score (nSPS) is 14.3. The minimum Gasteiger partial charge on any atom is -0.374 e. The topological polar surface area (TPSA) is 15.3 Å². The standard InChI is InChI=1S/C18H32N2/c1-7-18(5,13-19-12-15(2)3)14-20(6)17-11-9-8-10-16(17)4/h8-11,15,19H,7,12-14H2,1-6H3. The lowest BCUT2D eigenvalue weighted by Gasteiger charge is -2.35. The summed E-state index contributed by atoms with van der Waals surface area (Å²) in [4.78, 5) is 2.40. The van der Waals surface area contributed by atoms with Crippen molar-refractivity contribution in [3.05, 3.63) is 29.8 Å². The third kappa shape index (κ3) is 5.16. The molecule has 0 amide bonds. The van der Waals surface area contributed by atoms with Crippen LogP contribution in [0.15, 0.2) is 24.3 Å². The van der Waals surface area contributed by atoms with Gasteiger partial charge in [-0.3, -0.25) is 0 Å². The fourth-order valence-electron chi connectivity index (χ4n) is 2.60. The van der Waals surface area contributed by atoms with Gasteiger partial charge in [-0.2, -0.15) is 0 Å². The van der Waals surface area contributed by atoms with Crippen molar-refractivity contribution in [2.24, 2.45) is 11.3 Å². The van der Waals surface area contributed by atoms with Crippen molar-refractivity contribution in [2.75, 3.05) is 31.6 Å². The average Bonchev–Trinajstić information content (AvgIpc) is 2.38. The molecule has 0 aliphatic rings. The molecule has 20 heavy (non-hydrogen) atoms. The number of anilines is 1. The van der Waals surface area contributed by atoms with Gasteiger partial charge >= 0.3 is 0 Å². The number of hydrogen-bond donors (Lipinski definition) is 1. The molecule has 2 nitrogen and oxygen atoms in total. The molecule has 0 aliphatic heterocycles. The summed E-state index contributed by atoms with van der Waals surface area (Å²) >= 11 is 0. The fourth-order valence-corrected chi connectivity index (χ4v) is 2.60. The summed E-state index contributed by atoms with van der Waals surface area (Å²) in [5.74, 6) is 0.713. The van der Waals surface area contributed by atoms with Gasteiger partial charge in [-0.25, -0.2) is 0 Å². The smallest absolute Gasteiger partial charge is 0.0393 e. The molecule has 1 unspecified atom stereocenters. The van der Waals surface area contributed by atoms with Crippen LogP contribution in [-0.2, 0) is 0 Å². The monoisotopic (exact) mass is 276 g/mol. The van der Waals surface area contributed by atoms with Crippen LogP contribution in [0.25, 0.3) is 0 Å². The van der Waals surface area contributed by atoms with E-state index in [4.69, 9.17) is 0 Å². The Balaban J connectivity index is 2.64. The van der Waals surface area contributed by atoms with Gasteiger partial charge in [-0.15, -0.1) is 0 Å². The summed E-state index contributed by atoms with van der Waals surface area (Å²) in [6, 6.07) is 8.63. The van der Waals surface area contributed by atoms with E-state index in [0.717, 1.165) is 19.6 Å². The predicted molar refractivity (Wildman–Crippen MR) is 90.6 cm³/mol. The third-order valence-corrected chi connectivity index (χ3v) is 4.10. The van der Waals surface area contributed by atoms with Crippen molar-refractivity contribution < 1.29 is 0 Å². The van der Waals surface area contributed by atoms with E-state index in [1.54, 1.807) is 0 Å². The lowest BCUT2D eigenvalue weighted by atomic mass is 9.86. The molecular weight excluding hydrogens is 244 g/mol. The average molecular weight is 276 g/mol. The van der Waals surface area contributed by atoms with Gasteiger partial charge < -0.3 is 10.2 Å². The zero-order valence-corrected chi connectivity index (χ0v) is 14.2. The minimum atomic E-state index is 0.311. The Morgan fingerprint density at radius 2 is 1.90 bits per heavy atom. The molecule has 0 saturated heterocycles. The van der Waals surface area contributed by atoms with Crippen LogP contribution in [-0.4, -0.2) is 26.7 Å². The number of rotatable bonds is 8. The van der Waals surface area contributed by atoms with Crippen molar-refractivity contribution in [3.63, 3.8) is 0 Å². The second kappa shape index (κ2) is 7.68. The number of nitrogens with zero attached hydrogens (tertiary/aromatic N) is 1. The lowest BCUT2D eigenvalue weighted by Crippen LogP contribution is -2.41. The van der Waals surface area contributed by atoms with Crippen LogP contribution in [0.4, 0.5) is 5.69 Å². The first-order valence-electron chi connectivity index (χ1n) is 7.85. The fraction of sp³-hybridized carbons (Fsp3) is 0.667. The molecular formula is C18H32N2. The largest absolute Gasteiger partial charge is 0.374 e. The highest BCUT2D eigenvalue weighted by Gasteiger charge is 2.24. The van der Waals surface area contributed by atoms with E-state index in [-0.39, 0.29) is 0 Å². The molecule has 0 aromatic heterocycles. The van der Waals surface area contributed by atoms with Crippen LogP contribution in [0.5, 0.6) is 0 Å². The SMILES string of the molecule is CCC(C)(CNCC(C)C)CN(C)c1ccccc1C. The van der Waals surface area contributed by atoms with Crippen LogP contribution in [0.2, 0.25) is 0 Å². The molecule has 114 valence electrons. The van der Waals surface area contributed by atoms with E-state index in [9.17, 15) is 0 Å². The van der Waals surface area contributed by atoms with E-state index in [2.05, 4.69) is 76.1 Å². The maximum absolute atomic E-state index is 3.62. The van der Waals surface area contributed by atoms with Gasteiger partial charge in [0.15, 0.2) is 0 Å². The van der Waals surface area contributed by atoms with Crippen LogP contribution in [0, 0.1) is 18.3 Å². The zero-order valence-electron chi connectivity index (χ0n) is 14.2. The van der Waals surface area contributed by atoms with E-state index < -0.39 is 0 Å². The van der Waals surface area contributed by atoms with Gasteiger partial charge in [0.1, 0.15) is 0 Å². The van der Waals surface area contributed by atoms with Crippen molar-refractivity contribution in [1.29, 1.82) is 0 Å². The zero-order chi connectivity index (χ0) is 15.2. The summed E-state index contributed by atoms with van der Waals surface area (Å²) in [5, 5.41) is 3.62. The Bertz CT molecular complexity index is 400. The van der Waals surface area contributed by atoms with Crippen LogP contribution < -0.4 is 10.2 Å². The first kappa shape index (κ1) is 17.0. The van der Waals surface area contributed by atoms with Crippen molar-refractivity contribution >= 4 is 5.69 Å². The van der Waals surface area contributed by atoms with Crippen LogP contribution in [0.1, 0.15) is 39.7 Å². The number of benzene rings is 1. The van der Waals surface area contributed by atoms with Gasteiger partial charge in [-0.05, 0) is 42.9 Å². The Morgan fingerprint density at radius 3 is 2.45 bits per heavy atom. The molecule has 0 heterocycles. The van der Waals surface area contributed by atoms with Gasteiger partial charge in [0.05, 0.1) is 0 Å². The highest BCUT2D eigenvalue weighted by atomic mass is 15.1. The van der Waals surface area contributed by atoms with E-state index in [0.29, 0.717) is 11.3 Å². The van der Waals surface area contributed by atoms with E-state index in [1.165, 1.54) is 17.7 Å². The molecule has 1 aromatic carbocycles. The second-order valence-electron chi connectivity index (χ2n) is 6.83. The molecule has 0 fully saturated rings. The number of aryl methyl sites for hydroxylation is 1. The molecule has 1 atom stereocenters. The molecule has 1 aromatic rings. The molecule has 0 bridgehead atoms. The van der Waals surface area contributed by atoms with Crippen molar-refractivity contribution in [3.8, 4) is 0 Å². The van der Waals surface area contributed by atoms with E-state index in [1.807, 2.05) is 0 Å². The summed E-state index contributed by atoms with van der Waals surface area (Å²) < 4.78 is 0. The van der Waals surface area contributed by atoms with Gasteiger partial charge in [0.25, 0.3) is 0 Å². The van der Waals surface area contributed by atoms with Crippen LogP contribution in [0.3, 0.4) is 0 Å². The first-order chi connectivity index (χ1) is 9.38. The van der Waals surface area contributed by atoms with E-state index >= 15 is 0 Å². The highest BCUT2D eigenvalue weighted by Crippen LogP contribution is 2.26. The van der Waals surface area contributed by atoms with Gasteiger partial charge in [-0.1, -0.05) is 45.9 Å². The molecule has 0 saturated carbocycles. The second-order valence-corrected chi connectivity index (χ2v) is 6.83. The highest BCUT2D eigenvalue weighted by molar-refractivity contribution is 5.52. The number of nitrogens with one attached hydrogen (secondary N) is 1. The molecule has 0 aliphatic carbocycles. The van der Waals surface area contributed by atoms with Gasteiger partial charge in [0, 0.05) is 25.8 Å². The predicted octanol–water partition coefficient (Wildman–Crippen LogP) is 4.09. The third-order valence-electron chi connectivity index (χ3n) is 4.10. The summed E-state index contributed by atoms with van der Waals surface area (Å²) in [5.41, 5.74) is 3.01. The molecule has 2 heteroatoms. The summed E-state index contributed by atoms with van der Waals surface area (Å²) in [6.45, 7) is 14.6. The Labute approximate surface area is 125 Å². The Hall–Kier alpha value is -1.02. The first-order valence-corrected chi connectivity index (χ1v) is 7.85. The molecule has 1 rings (SSSR count).